The van der Waals surface area contributed by atoms with Crippen LogP contribution >= 0.6 is 0 Å². The van der Waals surface area contributed by atoms with E-state index in [1.165, 1.54) is 0 Å². The fourth-order valence-corrected chi connectivity index (χ4v) is 1.03. The Kier molecular flexibility index (Phi) is 4.92. The van der Waals surface area contributed by atoms with Crippen molar-refractivity contribution in [3.63, 3.8) is 0 Å². The molecular formula is C10H10N2O5. The van der Waals surface area contributed by atoms with Crippen LogP contribution in [0.5, 0.6) is 0 Å². The van der Waals surface area contributed by atoms with Crippen molar-refractivity contribution in [2.75, 3.05) is 13.2 Å². The second kappa shape index (κ2) is 6.46. The van der Waals surface area contributed by atoms with Crippen LogP contribution in [0.2, 0.25) is 0 Å². The Morgan fingerprint density at radius 2 is 1.41 bits per heavy atom. The summed E-state index contributed by atoms with van der Waals surface area (Å²) in [5.74, 6) is -1.36. The van der Waals surface area contributed by atoms with Crippen molar-refractivity contribution in [2.45, 2.75) is 25.0 Å². The summed E-state index contributed by atoms with van der Waals surface area (Å²) in [5, 5.41) is 16.4. The Labute approximate surface area is 97.5 Å². The van der Waals surface area contributed by atoms with Crippen LogP contribution in [0.15, 0.2) is 0 Å². The number of nitriles is 2. The lowest BCUT2D eigenvalue weighted by Crippen LogP contribution is -2.21. The van der Waals surface area contributed by atoms with E-state index in [0.717, 1.165) is 0 Å². The average molecular weight is 238 g/mol. The average Bonchev–Trinajstić information content (AvgIpc) is 3.09. The third kappa shape index (κ3) is 4.09. The molecule has 17 heavy (non-hydrogen) atoms. The molecule has 0 unspecified atom stereocenters. The molecule has 0 aromatic rings. The van der Waals surface area contributed by atoms with Crippen molar-refractivity contribution in [2.24, 2.45) is 0 Å². The van der Waals surface area contributed by atoms with Gasteiger partial charge in [0.2, 0.25) is 0 Å². The third-order valence-corrected chi connectivity index (χ3v) is 1.87. The summed E-state index contributed by atoms with van der Waals surface area (Å²) in [6, 6.07) is 3.62. The molecule has 1 fully saturated rings. The fourth-order valence-electron chi connectivity index (χ4n) is 1.03. The zero-order valence-corrected chi connectivity index (χ0v) is 8.92. The molecule has 0 N–H and O–H groups in total. The predicted octanol–water partition coefficient (Wildman–Crippen LogP) is -0.332. The van der Waals surface area contributed by atoms with E-state index in [1.807, 2.05) is 12.1 Å². The second-order valence-corrected chi connectivity index (χ2v) is 3.13. The first-order valence-electron chi connectivity index (χ1n) is 4.93. The summed E-state index contributed by atoms with van der Waals surface area (Å²) in [7, 11) is 0. The second-order valence-electron chi connectivity index (χ2n) is 3.13. The van der Waals surface area contributed by atoms with Crippen molar-refractivity contribution in [3.8, 4) is 12.1 Å². The maximum atomic E-state index is 11.2. The summed E-state index contributed by atoms with van der Waals surface area (Å²) < 4.78 is 14.1. The number of hydrogen-bond donors (Lipinski definition) is 0. The van der Waals surface area contributed by atoms with Crippen LogP contribution < -0.4 is 0 Å². The van der Waals surface area contributed by atoms with E-state index < -0.39 is 24.1 Å². The van der Waals surface area contributed by atoms with Crippen molar-refractivity contribution >= 4 is 11.9 Å². The third-order valence-electron chi connectivity index (χ3n) is 1.87. The van der Waals surface area contributed by atoms with E-state index in [4.69, 9.17) is 15.3 Å². The topological polar surface area (TPSA) is 113 Å². The number of hydrogen-bond acceptors (Lipinski definition) is 7. The number of nitrogens with zero attached hydrogens (tertiary/aromatic N) is 2. The normalized spacial score (nSPS) is 20.8. The van der Waals surface area contributed by atoms with Crippen molar-refractivity contribution in [1.29, 1.82) is 10.5 Å². The first kappa shape index (κ1) is 12.9. The zero-order chi connectivity index (χ0) is 12.7. The van der Waals surface area contributed by atoms with E-state index in [2.05, 4.69) is 9.47 Å². The minimum absolute atomic E-state index is 0.0224. The summed E-state index contributed by atoms with van der Waals surface area (Å²) in [6.07, 6.45) is -1.70. The summed E-state index contributed by atoms with van der Waals surface area (Å²) in [6.45, 7) is -0.0449. The van der Waals surface area contributed by atoms with Crippen LogP contribution in [0.1, 0.15) is 12.8 Å². The van der Waals surface area contributed by atoms with Gasteiger partial charge >= 0.3 is 11.9 Å². The van der Waals surface area contributed by atoms with Crippen molar-refractivity contribution in [1.82, 2.24) is 0 Å². The largest absolute Gasteiger partial charge is 0.463 e. The molecule has 0 aromatic heterocycles. The first-order chi connectivity index (χ1) is 8.20. The number of carbonyl (C=O) groups excluding carboxylic acids is 2. The minimum atomic E-state index is -0.941. The van der Waals surface area contributed by atoms with Gasteiger partial charge in [0.25, 0.3) is 0 Å². The van der Waals surface area contributed by atoms with Gasteiger partial charge in [-0.3, -0.25) is 0 Å². The smallest absolute Gasteiger partial charge is 0.338 e. The lowest BCUT2D eigenvalue weighted by molar-refractivity contribution is -0.147. The number of ether oxygens (including phenoxy) is 3. The molecule has 7 heteroatoms. The van der Waals surface area contributed by atoms with Gasteiger partial charge in [0.1, 0.15) is 13.2 Å². The maximum absolute atomic E-state index is 11.2. The molecule has 0 radical (unpaired) electrons. The van der Waals surface area contributed by atoms with Gasteiger partial charge in [-0.15, -0.1) is 0 Å². The highest BCUT2D eigenvalue weighted by Crippen LogP contribution is 2.24. The van der Waals surface area contributed by atoms with Gasteiger partial charge in [0.15, 0.2) is 12.2 Å². The monoisotopic (exact) mass is 238 g/mol. The highest BCUT2D eigenvalue weighted by Gasteiger charge is 2.52. The molecule has 0 bridgehead atoms. The van der Waals surface area contributed by atoms with Gasteiger partial charge in [-0.2, -0.15) is 10.5 Å². The van der Waals surface area contributed by atoms with E-state index in [1.54, 1.807) is 0 Å². The van der Waals surface area contributed by atoms with E-state index in [0.29, 0.717) is 0 Å². The molecule has 0 spiro atoms. The molecule has 1 saturated heterocycles. The SMILES string of the molecule is N#CCCOC(=O)[C@H]1O[C@H]1C(=O)OCCC#N. The van der Waals surface area contributed by atoms with E-state index >= 15 is 0 Å². The summed E-state index contributed by atoms with van der Waals surface area (Å²) >= 11 is 0. The van der Waals surface area contributed by atoms with Crippen LogP contribution in [0.4, 0.5) is 0 Å². The van der Waals surface area contributed by atoms with Gasteiger partial charge in [0.05, 0.1) is 25.0 Å². The highest BCUT2D eigenvalue weighted by molar-refractivity contribution is 5.89. The Balaban J connectivity index is 2.19. The van der Waals surface area contributed by atoms with Crippen LogP contribution in [0.25, 0.3) is 0 Å². The van der Waals surface area contributed by atoms with Crippen LogP contribution in [-0.4, -0.2) is 37.4 Å². The molecule has 1 rings (SSSR count). The molecule has 0 amide bonds. The predicted molar refractivity (Wildman–Crippen MR) is 51.0 cm³/mol. The number of esters is 2. The lowest BCUT2D eigenvalue weighted by atomic mass is 10.3. The molecular weight excluding hydrogens is 228 g/mol. The minimum Gasteiger partial charge on any atom is -0.463 e. The Morgan fingerprint density at radius 3 is 1.76 bits per heavy atom. The van der Waals surface area contributed by atoms with Gasteiger partial charge in [-0.1, -0.05) is 0 Å². The summed E-state index contributed by atoms with van der Waals surface area (Å²) in [4.78, 5) is 22.4. The fraction of sp³-hybridized carbons (Fsp3) is 0.600. The number of carbonyl (C=O) groups is 2. The molecule has 0 aliphatic carbocycles. The van der Waals surface area contributed by atoms with Crippen molar-refractivity contribution in [3.05, 3.63) is 0 Å². The van der Waals surface area contributed by atoms with E-state index in [-0.39, 0.29) is 26.1 Å². The van der Waals surface area contributed by atoms with E-state index in [9.17, 15) is 9.59 Å². The maximum Gasteiger partial charge on any atom is 0.338 e. The zero-order valence-electron chi connectivity index (χ0n) is 8.92. The van der Waals surface area contributed by atoms with Crippen LogP contribution in [0.3, 0.4) is 0 Å². The number of rotatable bonds is 6. The molecule has 0 aromatic carbocycles. The molecule has 1 aliphatic heterocycles. The van der Waals surface area contributed by atoms with Gasteiger partial charge in [0, 0.05) is 0 Å². The molecule has 0 saturated carbocycles. The quantitative estimate of drug-likeness (QED) is 0.353. The van der Waals surface area contributed by atoms with Crippen LogP contribution in [-0.2, 0) is 23.8 Å². The van der Waals surface area contributed by atoms with Gasteiger partial charge in [-0.25, -0.2) is 9.59 Å². The molecule has 1 aliphatic rings. The highest BCUT2D eigenvalue weighted by atomic mass is 16.7. The molecule has 1 heterocycles. The Bertz CT molecular complexity index is 345. The van der Waals surface area contributed by atoms with Gasteiger partial charge < -0.3 is 14.2 Å². The van der Waals surface area contributed by atoms with Crippen LogP contribution in [0, 0.1) is 22.7 Å². The number of epoxide rings is 1. The Hall–Kier alpha value is -2.12. The molecule has 2 atom stereocenters. The molecule has 90 valence electrons. The first-order valence-corrected chi connectivity index (χ1v) is 4.93. The van der Waals surface area contributed by atoms with Gasteiger partial charge in [-0.05, 0) is 0 Å². The standard InChI is InChI=1S/C10H10N2O5/c11-3-1-5-15-9(13)7-8(17-7)10(14)16-6-2-4-12/h7-8H,1-2,5-6H2/t7-,8+. The van der Waals surface area contributed by atoms with Crippen molar-refractivity contribution < 1.29 is 23.8 Å². The Morgan fingerprint density at radius 1 is 1.00 bits per heavy atom. The summed E-state index contributed by atoms with van der Waals surface area (Å²) in [5.41, 5.74) is 0. The lowest BCUT2D eigenvalue weighted by Gasteiger charge is -1.99. The molecule has 7 nitrogen and oxygen atoms in total.